The highest BCUT2D eigenvalue weighted by atomic mass is 35.5. The number of halogens is 2. The summed E-state index contributed by atoms with van der Waals surface area (Å²) in [5.74, 6) is 0.640. The Morgan fingerprint density at radius 3 is 2.65 bits per heavy atom. The van der Waals surface area contributed by atoms with Gasteiger partial charge < -0.3 is 5.73 Å². The van der Waals surface area contributed by atoms with Crippen LogP contribution in [-0.4, -0.2) is 9.78 Å². The lowest BCUT2D eigenvalue weighted by Crippen LogP contribution is -1.98. The number of nitrogens with two attached hydrogens (primary N) is 1. The van der Waals surface area contributed by atoms with Gasteiger partial charge >= 0.3 is 0 Å². The maximum Gasteiger partial charge on any atom is 0.129 e. The van der Waals surface area contributed by atoms with Gasteiger partial charge in [-0.2, -0.15) is 5.10 Å². The minimum atomic E-state index is 0.606. The van der Waals surface area contributed by atoms with Crippen molar-refractivity contribution in [2.45, 2.75) is 32.6 Å². The number of aromatic nitrogens is 2. The van der Waals surface area contributed by atoms with Gasteiger partial charge in [0.2, 0.25) is 0 Å². The highest BCUT2D eigenvalue weighted by molar-refractivity contribution is 6.36. The summed E-state index contributed by atoms with van der Waals surface area (Å²) in [6.07, 6.45) is 4.38. The van der Waals surface area contributed by atoms with Gasteiger partial charge in [0, 0.05) is 23.2 Å². The van der Waals surface area contributed by atoms with E-state index in [-0.39, 0.29) is 0 Å². The first kappa shape index (κ1) is 15.2. The lowest BCUT2D eigenvalue weighted by Gasteiger charge is -2.07. The first-order chi connectivity index (χ1) is 9.54. The predicted octanol–water partition coefficient (Wildman–Crippen LogP) is 4.71. The fourth-order valence-corrected chi connectivity index (χ4v) is 2.80. The second kappa shape index (κ2) is 6.51. The van der Waals surface area contributed by atoms with E-state index in [0.29, 0.717) is 15.9 Å². The SMILES string of the molecule is CCCCCc1nn(C)c(N)c1-c1ccc(Cl)cc1Cl. The van der Waals surface area contributed by atoms with Gasteiger partial charge in [0.1, 0.15) is 5.82 Å². The molecular formula is C15H19Cl2N3. The van der Waals surface area contributed by atoms with E-state index in [9.17, 15) is 0 Å². The van der Waals surface area contributed by atoms with E-state index >= 15 is 0 Å². The normalized spacial score (nSPS) is 11.0. The zero-order chi connectivity index (χ0) is 14.7. The molecule has 108 valence electrons. The quantitative estimate of drug-likeness (QED) is 0.813. The second-order valence-electron chi connectivity index (χ2n) is 4.91. The molecular weight excluding hydrogens is 293 g/mol. The molecule has 2 N–H and O–H groups in total. The van der Waals surface area contributed by atoms with Gasteiger partial charge in [-0.15, -0.1) is 0 Å². The molecule has 0 spiro atoms. The summed E-state index contributed by atoms with van der Waals surface area (Å²) in [5.41, 5.74) is 8.99. The molecule has 20 heavy (non-hydrogen) atoms. The van der Waals surface area contributed by atoms with Crippen LogP contribution >= 0.6 is 23.2 Å². The van der Waals surface area contributed by atoms with Crippen LogP contribution in [0.4, 0.5) is 5.82 Å². The van der Waals surface area contributed by atoms with Gasteiger partial charge in [-0.25, -0.2) is 0 Å². The lowest BCUT2D eigenvalue weighted by atomic mass is 10.0. The molecule has 2 rings (SSSR count). The Morgan fingerprint density at radius 2 is 2.00 bits per heavy atom. The van der Waals surface area contributed by atoms with E-state index in [2.05, 4.69) is 12.0 Å². The molecule has 0 radical (unpaired) electrons. The third kappa shape index (κ3) is 3.10. The summed E-state index contributed by atoms with van der Waals surface area (Å²) in [4.78, 5) is 0. The van der Waals surface area contributed by atoms with Gasteiger partial charge in [-0.3, -0.25) is 4.68 Å². The van der Waals surface area contributed by atoms with Crippen molar-refractivity contribution in [2.24, 2.45) is 7.05 Å². The average Bonchev–Trinajstić information content (AvgIpc) is 2.67. The number of benzene rings is 1. The molecule has 3 nitrogen and oxygen atoms in total. The molecule has 0 aliphatic heterocycles. The van der Waals surface area contributed by atoms with Crippen molar-refractivity contribution in [3.8, 4) is 11.1 Å². The Kier molecular flexibility index (Phi) is 4.95. The molecule has 0 bridgehead atoms. The van der Waals surface area contributed by atoms with Gasteiger partial charge in [-0.05, 0) is 25.0 Å². The monoisotopic (exact) mass is 311 g/mol. The van der Waals surface area contributed by atoms with Crippen LogP contribution in [0.5, 0.6) is 0 Å². The highest BCUT2D eigenvalue weighted by Gasteiger charge is 2.17. The molecule has 5 heteroatoms. The molecule has 0 saturated heterocycles. The number of nitrogen functional groups attached to an aromatic ring is 1. The van der Waals surface area contributed by atoms with Crippen molar-refractivity contribution in [1.29, 1.82) is 0 Å². The summed E-state index contributed by atoms with van der Waals surface area (Å²) in [6.45, 7) is 2.18. The molecule has 2 aromatic rings. The average molecular weight is 312 g/mol. The van der Waals surface area contributed by atoms with Crippen molar-refractivity contribution >= 4 is 29.0 Å². The first-order valence-corrected chi connectivity index (χ1v) is 7.57. The number of aryl methyl sites for hydroxylation is 2. The lowest BCUT2D eigenvalue weighted by molar-refractivity contribution is 0.685. The topological polar surface area (TPSA) is 43.8 Å². The van der Waals surface area contributed by atoms with Gasteiger partial charge in [0.05, 0.1) is 10.7 Å². The number of anilines is 1. The largest absolute Gasteiger partial charge is 0.383 e. The van der Waals surface area contributed by atoms with E-state index in [1.165, 1.54) is 12.8 Å². The first-order valence-electron chi connectivity index (χ1n) is 6.81. The summed E-state index contributed by atoms with van der Waals surface area (Å²) < 4.78 is 1.71. The van der Waals surface area contributed by atoms with Crippen LogP contribution in [0.15, 0.2) is 18.2 Å². The van der Waals surface area contributed by atoms with Crippen LogP contribution < -0.4 is 5.73 Å². The van der Waals surface area contributed by atoms with Crippen molar-refractivity contribution in [3.05, 3.63) is 33.9 Å². The van der Waals surface area contributed by atoms with Crippen LogP contribution in [0, 0.1) is 0 Å². The van der Waals surface area contributed by atoms with Gasteiger partial charge in [-0.1, -0.05) is 49.0 Å². The van der Waals surface area contributed by atoms with Gasteiger partial charge in [0.25, 0.3) is 0 Å². The van der Waals surface area contributed by atoms with Crippen LogP contribution in [0.1, 0.15) is 31.9 Å². The zero-order valence-electron chi connectivity index (χ0n) is 11.8. The van der Waals surface area contributed by atoms with Crippen LogP contribution in [0.3, 0.4) is 0 Å². The van der Waals surface area contributed by atoms with Crippen LogP contribution in [0.2, 0.25) is 10.0 Å². The number of hydrogen-bond acceptors (Lipinski definition) is 2. The molecule has 1 aromatic carbocycles. The molecule has 0 fully saturated rings. The molecule has 0 saturated carbocycles. The maximum atomic E-state index is 6.30. The molecule has 0 atom stereocenters. The number of rotatable bonds is 5. The fourth-order valence-electron chi connectivity index (χ4n) is 2.30. The highest BCUT2D eigenvalue weighted by Crippen LogP contribution is 2.36. The Hall–Kier alpha value is -1.19. The molecule has 0 aliphatic rings. The van der Waals surface area contributed by atoms with Crippen molar-refractivity contribution in [3.63, 3.8) is 0 Å². The van der Waals surface area contributed by atoms with Crippen molar-refractivity contribution in [2.75, 3.05) is 5.73 Å². The van der Waals surface area contributed by atoms with E-state index in [1.54, 1.807) is 10.7 Å². The zero-order valence-corrected chi connectivity index (χ0v) is 13.3. The molecule has 0 unspecified atom stereocenters. The second-order valence-corrected chi connectivity index (χ2v) is 5.76. The van der Waals surface area contributed by atoms with Gasteiger partial charge in [0.15, 0.2) is 0 Å². The minimum Gasteiger partial charge on any atom is -0.383 e. The Balaban J connectivity index is 2.43. The Morgan fingerprint density at radius 1 is 1.25 bits per heavy atom. The molecule has 1 aromatic heterocycles. The Bertz CT molecular complexity index is 605. The van der Waals surface area contributed by atoms with Crippen molar-refractivity contribution < 1.29 is 0 Å². The van der Waals surface area contributed by atoms with Crippen LogP contribution in [-0.2, 0) is 13.5 Å². The molecule has 1 heterocycles. The number of unbranched alkanes of at least 4 members (excludes halogenated alkanes) is 2. The van der Waals surface area contributed by atoms with E-state index in [1.807, 2.05) is 19.2 Å². The number of hydrogen-bond donors (Lipinski definition) is 1. The van der Waals surface area contributed by atoms with Crippen LogP contribution in [0.25, 0.3) is 11.1 Å². The standard InChI is InChI=1S/C15H19Cl2N3/c1-3-4-5-6-13-14(15(18)20(2)19-13)11-8-7-10(16)9-12(11)17/h7-9H,3-6,18H2,1-2H3. The maximum absolute atomic E-state index is 6.30. The summed E-state index contributed by atoms with van der Waals surface area (Å²) in [5, 5.41) is 5.75. The molecule has 0 aliphatic carbocycles. The van der Waals surface area contributed by atoms with E-state index in [4.69, 9.17) is 28.9 Å². The summed E-state index contributed by atoms with van der Waals surface area (Å²) in [7, 11) is 1.85. The third-order valence-electron chi connectivity index (χ3n) is 3.38. The summed E-state index contributed by atoms with van der Waals surface area (Å²) in [6, 6.07) is 5.47. The van der Waals surface area contributed by atoms with Crippen molar-refractivity contribution in [1.82, 2.24) is 9.78 Å². The predicted molar refractivity (Wildman–Crippen MR) is 86.3 cm³/mol. The van der Waals surface area contributed by atoms with E-state index < -0.39 is 0 Å². The summed E-state index contributed by atoms with van der Waals surface area (Å²) >= 11 is 12.3. The fraction of sp³-hybridized carbons (Fsp3) is 0.400. The minimum absolute atomic E-state index is 0.606. The number of nitrogens with zero attached hydrogens (tertiary/aromatic N) is 2. The molecule has 0 amide bonds. The smallest absolute Gasteiger partial charge is 0.129 e. The Labute approximate surface area is 129 Å². The third-order valence-corrected chi connectivity index (χ3v) is 3.93. The van der Waals surface area contributed by atoms with E-state index in [0.717, 1.165) is 29.7 Å².